The number of hydrogen-bond donors (Lipinski definition) is 1. The van der Waals surface area contributed by atoms with Gasteiger partial charge in [-0.2, -0.15) is 0 Å². The molecule has 2 aromatic carbocycles. The van der Waals surface area contributed by atoms with E-state index in [1.165, 1.54) is 18.4 Å². The number of likely N-dealkylation sites (N-methyl/N-ethyl adjacent to an activating group) is 1. The Kier molecular flexibility index (Phi) is 4.80. The molecule has 26 heavy (non-hydrogen) atoms. The molecule has 2 aliphatic heterocycles. The minimum absolute atomic E-state index is 0.107. The quantitative estimate of drug-likeness (QED) is 0.919. The molecule has 2 aromatic rings. The molecular formula is C21H25N3O2. The van der Waals surface area contributed by atoms with Crippen LogP contribution in [-0.4, -0.2) is 43.6 Å². The SMILES string of the molecule is CN1CC(C(=O)Nc2cccc(CN3CCCC3)c2)Oc2ccccc21. The molecular weight excluding hydrogens is 326 g/mol. The van der Waals surface area contributed by atoms with Crippen LogP contribution in [0.25, 0.3) is 0 Å². The van der Waals surface area contributed by atoms with Gasteiger partial charge in [0, 0.05) is 19.3 Å². The number of nitrogens with zero attached hydrogens (tertiary/aromatic N) is 2. The maximum atomic E-state index is 12.7. The molecule has 0 aromatic heterocycles. The van der Waals surface area contributed by atoms with Crippen LogP contribution in [0.1, 0.15) is 18.4 Å². The minimum atomic E-state index is -0.517. The summed E-state index contributed by atoms with van der Waals surface area (Å²) < 4.78 is 5.91. The predicted octanol–water partition coefficient (Wildman–Crippen LogP) is 3.12. The number of carbonyl (C=O) groups excluding carboxylic acids is 1. The standard InChI is InChI=1S/C21H25N3O2/c1-23-15-20(26-19-10-3-2-9-18(19)23)21(25)22-17-8-6-7-16(13-17)14-24-11-4-5-12-24/h2-3,6-10,13,20H,4-5,11-12,14-15H2,1H3,(H,22,25). The first kappa shape index (κ1) is 16.9. The van der Waals surface area contributed by atoms with Gasteiger partial charge in [-0.15, -0.1) is 0 Å². The number of fused-ring (bicyclic) bond motifs is 1. The van der Waals surface area contributed by atoms with Crippen LogP contribution >= 0.6 is 0 Å². The number of rotatable bonds is 4. The van der Waals surface area contributed by atoms with Crippen molar-refractivity contribution < 1.29 is 9.53 Å². The van der Waals surface area contributed by atoms with E-state index >= 15 is 0 Å². The molecule has 2 heterocycles. The number of likely N-dealkylation sites (tertiary alicyclic amines) is 1. The van der Waals surface area contributed by atoms with E-state index in [4.69, 9.17) is 4.74 Å². The molecule has 0 aliphatic carbocycles. The number of anilines is 2. The third-order valence-corrected chi connectivity index (χ3v) is 5.08. The van der Waals surface area contributed by atoms with Crippen molar-refractivity contribution in [3.05, 3.63) is 54.1 Å². The number of ether oxygens (including phenoxy) is 1. The molecule has 1 N–H and O–H groups in total. The third kappa shape index (κ3) is 3.68. The van der Waals surface area contributed by atoms with E-state index in [0.717, 1.165) is 36.8 Å². The molecule has 5 heteroatoms. The zero-order valence-corrected chi connectivity index (χ0v) is 15.1. The van der Waals surface area contributed by atoms with Gasteiger partial charge in [-0.1, -0.05) is 24.3 Å². The van der Waals surface area contributed by atoms with E-state index in [9.17, 15) is 4.79 Å². The third-order valence-electron chi connectivity index (χ3n) is 5.08. The largest absolute Gasteiger partial charge is 0.477 e. The first-order chi connectivity index (χ1) is 12.7. The van der Waals surface area contributed by atoms with Crippen LogP contribution in [0.15, 0.2) is 48.5 Å². The van der Waals surface area contributed by atoms with Gasteiger partial charge in [-0.3, -0.25) is 9.69 Å². The summed E-state index contributed by atoms with van der Waals surface area (Å²) in [5, 5.41) is 3.02. The number of benzene rings is 2. The Morgan fingerprint density at radius 3 is 2.81 bits per heavy atom. The van der Waals surface area contributed by atoms with Gasteiger partial charge in [-0.25, -0.2) is 0 Å². The summed E-state index contributed by atoms with van der Waals surface area (Å²) in [6, 6.07) is 15.9. The molecule has 5 nitrogen and oxygen atoms in total. The average molecular weight is 351 g/mol. The molecule has 0 bridgehead atoms. The highest BCUT2D eigenvalue weighted by Gasteiger charge is 2.28. The Hall–Kier alpha value is -2.53. The van der Waals surface area contributed by atoms with Gasteiger partial charge in [0.1, 0.15) is 5.75 Å². The molecule has 1 fully saturated rings. The van der Waals surface area contributed by atoms with Gasteiger partial charge in [0.25, 0.3) is 5.91 Å². The van der Waals surface area contributed by atoms with Crippen molar-refractivity contribution >= 4 is 17.3 Å². The van der Waals surface area contributed by atoms with Gasteiger partial charge in [0.15, 0.2) is 6.10 Å². The molecule has 136 valence electrons. The summed E-state index contributed by atoms with van der Waals surface area (Å²) in [6.45, 7) is 3.81. The lowest BCUT2D eigenvalue weighted by molar-refractivity contribution is -0.122. The monoisotopic (exact) mass is 351 g/mol. The zero-order valence-electron chi connectivity index (χ0n) is 15.1. The smallest absolute Gasteiger partial charge is 0.267 e. The van der Waals surface area contributed by atoms with Crippen molar-refractivity contribution in [3.63, 3.8) is 0 Å². The maximum Gasteiger partial charge on any atom is 0.267 e. The molecule has 0 spiro atoms. The summed E-state index contributed by atoms with van der Waals surface area (Å²) >= 11 is 0. The lowest BCUT2D eigenvalue weighted by atomic mass is 10.1. The van der Waals surface area contributed by atoms with Crippen molar-refractivity contribution in [2.45, 2.75) is 25.5 Å². The highest BCUT2D eigenvalue weighted by Crippen LogP contribution is 2.32. The Morgan fingerprint density at radius 1 is 1.15 bits per heavy atom. The summed E-state index contributed by atoms with van der Waals surface area (Å²) in [4.78, 5) is 17.2. The van der Waals surface area contributed by atoms with E-state index in [0.29, 0.717) is 6.54 Å². The summed E-state index contributed by atoms with van der Waals surface area (Å²) in [6.07, 6.45) is 2.05. The van der Waals surface area contributed by atoms with Crippen molar-refractivity contribution in [1.82, 2.24) is 4.90 Å². The van der Waals surface area contributed by atoms with E-state index < -0.39 is 6.10 Å². The normalized spacial score (nSPS) is 19.7. The number of amides is 1. The highest BCUT2D eigenvalue weighted by molar-refractivity contribution is 5.95. The lowest BCUT2D eigenvalue weighted by Gasteiger charge is -2.32. The number of hydrogen-bond acceptors (Lipinski definition) is 4. The van der Waals surface area contributed by atoms with Crippen molar-refractivity contribution in [2.24, 2.45) is 0 Å². The molecule has 1 unspecified atom stereocenters. The van der Waals surface area contributed by atoms with Gasteiger partial charge in [0.2, 0.25) is 0 Å². The van der Waals surface area contributed by atoms with Gasteiger partial charge >= 0.3 is 0 Å². The van der Waals surface area contributed by atoms with E-state index in [1.807, 2.05) is 43.4 Å². The van der Waals surface area contributed by atoms with E-state index in [2.05, 4.69) is 27.2 Å². The fourth-order valence-corrected chi connectivity index (χ4v) is 3.72. The summed E-state index contributed by atoms with van der Waals surface area (Å²) in [5.41, 5.74) is 3.08. The molecule has 0 radical (unpaired) electrons. The number of nitrogens with one attached hydrogen (secondary N) is 1. The minimum Gasteiger partial charge on any atom is -0.477 e. The van der Waals surface area contributed by atoms with Crippen LogP contribution in [0.2, 0.25) is 0 Å². The Balaban J connectivity index is 1.42. The molecule has 1 saturated heterocycles. The van der Waals surface area contributed by atoms with Gasteiger partial charge < -0.3 is 15.0 Å². The maximum absolute atomic E-state index is 12.7. The average Bonchev–Trinajstić information content (AvgIpc) is 3.15. The summed E-state index contributed by atoms with van der Waals surface area (Å²) in [5.74, 6) is 0.647. The van der Waals surface area contributed by atoms with Crippen LogP contribution in [0, 0.1) is 0 Å². The molecule has 1 amide bonds. The van der Waals surface area contributed by atoms with Gasteiger partial charge in [0.05, 0.1) is 12.2 Å². The zero-order chi connectivity index (χ0) is 17.9. The van der Waals surface area contributed by atoms with E-state index in [-0.39, 0.29) is 5.91 Å². The fraction of sp³-hybridized carbons (Fsp3) is 0.381. The summed E-state index contributed by atoms with van der Waals surface area (Å²) in [7, 11) is 1.98. The molecule has 1 atom stereocenters. The van der Waals surface area contributed by atoms with E-state index in [1.54, 1.807) is 0 Å². The fourth-order valence-electron chi connectivity index (χ4n) is 3.72. The van der Waals surface area contributed by atoms with Crippen LogP contribution in [-0.2, 0) is 11.3 Å². The lowest BCUT2D eigenvalue weighted by Crippen LogP contribution is -2.45. The van der Waals surface area contributed by atoms with Crippen LogP contribution in [0.5, 0.6) is 5.75 Å². The molecule has 4 rings (SSSR count). The molecule has 0 saturated carbocycles. The highest BCUT2D eigenvalue weighted by atomic mass is 16.5. The number of para-hydroxylation sites is 2. The van der Waals surface area contributed by atoms with Crippen LogP contribution in [0.4, 0.5) is 11.4 Å². The second-order valence-corrected chi connectivity index (χ2v) is 7.13. The van der Waals surface area contributed by atoms with Gasteiger partial charge in [-0.05, 0) is 55.8 Å². The second kappa shape index (κ2) is 7.38. The first-order valence-electron chi connectivity index (χ1n) is 9.28. The van der Waals surface area contributed by atoms with Crippen molar-refractivity contribution in [3.8, 4) is 5.75 Å². The Morgan fingerprint density at radius 2 is 1.96 bits per heavy atom. The number of carbonyl (C=O) groups is 1. The second-order valence-electron chi connectivity index (χ2n) is 7.13. The van der Waals surface area contributed by atoms with Crippen molar-refractivity contribution in [2.75, 3.05) is 36.9 Å². The Bertz CT molecular complexity index is 786. The molecule has 2 aliphatic rings. The predicted molar refractivity (Wildman–Crippen MR) is 104 cm³/mol. The Labute approximate surface area is 154 Å². The van der Waals surface area contributed by atoms with Crippen LogP contribution in [0.3, 0.4) is 0 Å². The topological polar surface area (TPSA) is 44.8 Å². The van der Waals surface area contributed by atoms with Crippen LogP contribution < -0.4 is 15.0 Å². The first-order valence-corrected chi connectivity index (χ1v) is 9.28. The van der Waals surface area contributed by atoms with Crippen molar-refractivity contribution in [1.29, 1.82) is 0 Å².